The predicted molar refractivity (Wildman–Crippen MR) is 42.0 cm³/mol. The summed E-state index contributed by atoms with van der Waals surface area (Å²) in [6.45, 7) is 0. The molecule has 1 radical (unpaired) electrons. The van der Waals surface area contributed by atoms with Gasteiger partial charge >= 0.3 is 7.12 Å². The van der Waals surface area contributed by atoms with Gasteiger partial charge in [-0.05, 0) is 5.46 Å². The summed E-state index contributed by atoms with van der Waals surface area (Å²) in [6.07, 6.45) is 0. The molecule has 0 unspecified atom stereocenters. The summed E-state index contributed by atoms with van der Waals surface area (Å²) < 4.78 is 0. The Morgan fingerprint density at radius 1 is 1.00 bits per heavy atom. The molecule has 47 valence electrons. The van der Waals surface area contributed by atoms with Crippen LogP contribution >= 0.6 is 0 Å². The molecule has 1 rings (SSSR count). The van der Waals surface area contributed by atoms with E-state index in [1.54, 1.807) is 24.3 Å². The van der Waals surface area contributed by atoms with Crippen LogP contribution in [0.3, 0.4) is 0 Å². The van der Waals surface area contributed by atoms with E-state index in [4.69, 9.17) is 10.0 Å². The van der Waals surface area contributed by atoms with Crippen LogP contribution in [-0.2, 0) is 0 Å². The van der Waals surface area contributed by atoms with Crippen LogP contribution < -0.4 is 5.46 Å². The normalized spacial score (nSPS) is 8.20. The van der Waals surface area contributed by atoms with Gasteiger partial charge in [0.1, 0.15) is 0 Å². The largest absolute Gasteiger partial charge is 0.488 e. The van der Waals surface area contributed by atoms with Gasteiger partial charge in [-0.25, -0.2) is 0 Å². The molecule has 0 aliphatic heterocycles. The van der Waals surface area contributed by atoms with E-state index >= 15 is 0 Å². The summed E-state index contributed by atoms with van der Waals surface area (Å²) in [4.78, 5) is 0. The van der Waals surface area contributed by atoms with Crippen LogP contribution in [-0.4, -0.2) is 46.7 Å². The summed E-state index contributed by atoms with van der Waals surface area (Å²) in [5, 5.41) is 17.2. The van der Waals surface area contributed by atoms with Crippen LogP contribution in [0, 0.1) is 0 Å². The molecule has 0 saturated heterocycles. The van der Waals surface area contributed by atoms with Crippen LogP contribution in [0.5, 0.6) is 0 Å². The van der Waals surface area contributed by atoms with Crippen molar-refractivity contribution in [1.82, 2.24) is 0 Å². The monoisotopic (exact) mass is 145 g/mol. The fourth-order valence-corrected chi connectivity index (χ4v) is 0.625. The third-order valence-electron chi connectivity index (χ3n) is 1.10. The molecule has 0 atom stereocenters. The van der Waals surface area contributed by atoms with Crippen molar-refractivity contribution < 1.29 is 10.0 Å². The first-order valence-corrected chi connectivity index (χ1v) is 2.72. The van der Waals surface area contributed by atoms with Gasteiger partial charge in [0, 0.05) is 29.6 Å². The zero-order chi connectivity index (χ0) is 6.69. The Bertz CT molecular complexity index is 178. The summed E-state index contributed by atoms with van der Waals surface area (Å²) in [5.41, 5.74) is 0.525. The van der Waals surface area contributed by atoms with Crippen molar-refractivity contribution in [2.24, 2.45) is 0 Å². The Morgan fingerprint density at radius 3 is 1.80 bits per heavy atom. The Kier molecular flexibility index (Phi) is 5.04. The average Bonchev–Trinajstić information content (AvgIpc) is 1.90. The third-order valence-corrected chi connectivity index (χ3v) is 1.10. The van der Waals surface area contributed by atoms with Crippen molar-refractivity contribution in [1.29, 1.82) is 0 Å². The second-order valence-corrected chi connectivity index (χ2v) is 1.78. The van der Waals surface area contributed by atoms with E-state index in [2.05, 4.69) is 0 Å². The van der Waals surface area contributed by atoms with Crippen molar-refractivity contribution in [2.45, 2.75) is 0 Å². The molecule has 0 amide bonds. The van der Waals surface area contributed by atoms with Crippen LogP contribution in [0.2, 0.25) is 0 Å². The first-order chi connectivity index (χ1) is 4.30. The number of benzene rings is 1. The van der Waals surface area contributed by atoms with Gasteiger partial charge in [-0.3, -0.25) is 0 Å². The Morgan fingerprint density at radius 2 is 1.50 bits per heavy atom. The van der Waals surface area contributed by atoms with Crippen LogP contribution in [0.15, 0.2) is 30.3 Å². The van der Waals surface area contributed by atoms with E-state index in [0.717, 1.165) is 0 Å². The molecule has 1 aromatic carbocycles. The molecule has 0 aliphatic rings. The number of rotatable bonds is 1. The van der Waals surface area contributed by atoms with Gasteiger partial charge in [-0.2, -0.15) is 0 Å². The SMILES string of the molecule is OB(O)c1ccccc1.[Na]. The molecule has 0 bridgehead atoms. The minimum Gasteiger partial charge on any atom is -0.423 e. The molecular formula is C6H7BNaO2. The second kappa shape index (κ2) is 4.94. The maximum atomic E-state index is 8.58. The fourth-order valence-electron chi connectivity index (χ4n) is 0.625. The fraction of sp³-hybridized carbons (Fsp3) is 0. The molecule has 2 N–H and O–H groups in total. The van der Waals surface area contributed by atoms with Gasteiger partial charge in [0.15, 0.2) is 0 Å². The van der Waals surface area contributed by atoms with E-state index in [1.807, 2.05) is 6.07 Å². The Labute approximate surface area is 82.3 Å². The molecular weight excluding hydrogens is 138 g/mol. The summed E-state index contributed by atoms with van der Waals surface area (Å²) >= 11 is 0. The first-order valence-electron chi connectivity index (χ1n) is 2.72. The van der Waals surface area contributed by atoms with Crippen molar-refractivity contribution >= 4 is 42.1 Å². The predicted octanol–water partition coefficient (Wildman–Crippen LogP) is -1.01. The molecule has 2 nitrogen and oxygen atoms in total. The van der Waals surface area contributed by atoms with Crippen molar-refractivity contribution in [3.8, 4) is 0 Å². The van der Waals surface area contributed by atoms with Crippen molar-refractivity contribution in [3.05, 3.63) is 30.3 Å². The van der Waals surface area contributed by atoms with Gasteiger partial charge in [-0.1, -0.05) is 30.3 Å². The quantitative estimate of drug-likeness (QED) is 0.496. The molecule has 0 fully saturated rings. The maximum Gasteiger partial charge on any atom is 0.488 e. The molecule has 0 aromatic heterocycles. The first kappa shape index (κ1) is 10.2. The van der Waals surface area contributed by atoms with Gasteiger partial charge in [-0.15, -0.1) is 0 Å². The molecule has 4 heteroatoms. The van der Waals surface area contributed by atoms with Gasteiger partial charge in [0.2, 0.25) is 0 Å². The minimum atomic E-state index is -1.34. The molecule has 10 heavy (non-hydrogen) atoms. The summed E-state index contributed by atoms with van der Waals surface area (Å²) in [5.74, 6) is 0. The number of hydrogen-bond donors (Lipinski definition) is 2. The third kappa shape index (κ3) is 2.86. The molecule has 0 saturated carbocycles. The van der Waals surface area contributed by atoms with Crippen molar-refractivity contribution in [3.63, 3.8) is 0 Å². The zero-order valence-electron chi connectivity index (χ0n) is 5.86. The summed E-state index contributed by atoms with van der Waals surface area (Å²) in [7, 11) is -1.34. The number of hydrogen-bond acceptors (Lipinski definition) is 2. The Hall–Kier alpha value is 0.205. The van der Waals surface area contributed by atoms with Gasteiger partial charge in [0.05, 0.1) is 0 Å². The minimum absolute atomic E-state index is 0. The van der Waals surface area contributed by atoms with E-state index in [-0.39, 0.29) is 29.6 Å². The average molecular weight is 145 g/mol. The van der Waals surface area contributed by atoms with E-state index in [0.29, 0.717) is 5.46 Å². The van der Waals surface area contributed by atoms with E-state index in [9.17, 15) is 0 Å². The van der Waals surface area contributed by atoms with Crippen LogP contribution in [0.25, 0.3) is 0 Å². The Balaban J connectivity index is 0.000000810. The van der Waals surface area contributed by atoms with Crippen LogP contribution in [0.4, 0.5) is 0 Å². The molecule has 1 aromatic rings. The zero-order valence-corrected chi connectivity index (χ0v) is 7.86. The van der Waals surface area contributed by atoms with Gasteiger partial charge < -0.3 is 10.0 Å². The molecule has 0 heterocycles. The van der Waals surface area contributed by atoms with E-state index < -0.39 is 7.12 Å². The maximum absolute atomic E-state index is 8.58. The van der Waals surface area contributed by atoms with Crippen LogP contribution in [0.1, 0.15) is 0 Å². The van der Waals surface area contributed by atoms with Crippen molar-refractivity contribution in [2.75, 3.05) is 0 Å². The standard InChI is InChI=1S/C6H7BO2.Na/c8-7(9)6-4-2-1-3-5-6;/h1-5,8-9H;. The smallest absolute Gasteiger partial charge is 0.423 e. The molecule has 0 spiro atoms. The van der Waals surface area contributed by atoms with Gasteiger partial charge in [0.25, 0.3) is 0 Å². The molecule has 0 aliphatic carbocycles. The van der Waals surface area contributed by atoms with E-state index in [1.165, 1.54) is 0 Å². The summed E-state index contributed by atoms with van der Waals surface area (Å²) in [6, 6.07) is 8.66. The topological polar surface area (TPSA) is 40.5 Å². The second-order valence-electron chi connectivity index (χ2n) is 1.78.